The van der Waals surface area contributed by atoms with E-state index in [0.29, 0.717) is 12.5 Å². The maximum atomic E-state index is 13.2. The summed E-state index contributed by atoms with van der Waals surface area (Å²) < 4.78 is 26.2. The van der Waals surface area contributed by atoms with Crippen LogP contribution < -0.4 is 0 Å². The zero-order chi connectivity index (χ0) is 13.9. The summed E-state index contributed by atoms with van der Waals surface area (Å²) in [7, 11) is 0. The molecule has 5 heteroatoms. The molecule has 0 saturated carbocycles. The van der Waals surface area contributed by atoms with E-state index in [2.05, 4.69) is 15.1 Å². The zero-order valence-electron chi connectivity index (χ0n) is 11.1. The highest BCUT2D eigenvalue weighted by Crippen LogP contribution is 2.26. The minimum atomic E-state index is -0.789. The zero-order valence-corrected chi connectivity index (χ0v) is 11.1. The van der Waals surface area contributed by atoms with E-state index in [1.807, 2.05) is 6.07 Å². The Bertz CT molecular complexity index is 569. The molecular formula is C15H17F2N3. The van der Waals surface area contributed by atoms with E-state index in [4.69, 9.17) is 0 Å². The molecule has 20 heavy (non-hydrogen) atoms. The van der Waals surface area contributed by atoms with Crippen LogP contribution in [0.1, 0.15) is 30.0 Å². The highest BCUT2D eigenvalue weighted by Gasteiger charge is 2.22. The van der Waals surface area contributed by atoms with Crippen molar-refractivity contribution in [2.45, 2.75) is 25.3 Å². The summed E-state index contributed by atoms with van der Waals surface area (Å²) in [6, 6.07) is 6.14. The molecule has 0 amide bonds. The van der Waals surface area contributed by atoms with E-state index in [9.17, 15) is 8.78 Å². The predicted molar refractivity (Wildman–Crippen MR) is 72.2 cm³/mol. The molecule has 1 N–H and O–H groups in total. The summed E-state index contributed by atoms with van der Waals surface area (Å²) in [5, 5.41) is 7.01. The quantitative estimate of drug-likeness (QED) is 0.935. The monoisotopic (exact) mass is 277 g/mol. The number of hydrogen-bond donors (Lipinski definition) is 1. The van der Waals surface area contributed by atoms with Crippen molar-refractivity contribution in [2.24, 2.45) is 0 Å². The van der Waals surface area contributed by atoms with Crippen LogP contribution in [0.15, 0.2) is 30.5 Å². The van der Waals surface area contributed by atoms with Gasteiger partial charge in [0.15, 0.2) is 11.6 Å². The van der Waals surface area contributed by atoms with Crippen LogP contribution in [0.4, 0.5) is 8.78 Å². The van der Waals surface area contributed by atoms with Crippen LogP contribution in [0.2, 0.25) is 0 Å². The van der Waals surface area contributed by atoms with Gasteiger partial charge in [-0.25, -0.2) is 8.78 Å². The third kappa shape index (κ3) is 2.88. The van der Waals surface area contributed by atoms with Crippen LogP contribution >= 0.6 is 0 Å². The standard InChI is InChI=1S/C15H17F2N3/c16-13-4-3-11(8-14(13)17)9-20-7-1-2-12(10-20)15-5-6-18-19-15/h3-6,8,12H,1-2,7,9-10H2,(H,18,19). The molecule has 0 bridgehead atoms. The molecule has 0 aliphatic carbocycles. The maximum Gasteiger partial charge on any atom is 0.159 e. The van der Waals surface area contributed by atoms with Crippen molar-refractivity contribution in [3.63, 3.8) is 0 Å². The van der Waals surface area contributed by atoms with Gasteiger partial charge in [0, 0.05) is 30.9 Å². The van der Waals surface area contributed by atoms with Crippen LogP contribution in [0.5, 0.6) is 0 Å². The van der Waals surface area contributed by atoms with E-state index in [1.54, 1.807) is 12.3 Å². The fraction of sp³-hybridized carbons (Fsp3) is 0.400. The second kappa shape index (κ2) is 5.71. The first-order chi connectivity index (χ1) is 9.72. The Morgan fingerprint density at radius 1 is 1.25 bits per heavy atom. The van der Waals surface area contributed by atoms with E-state index >= 15 is 0 Å². The largest absolute Gasteiger partial charge is 0.298 e. The first-order valence-electron chi connectivity index (χ1n) is 6.88. The van der Waals surface area contributed by atoms with Crippen LogP contribution in [-0.4, -0.2) is 28.2 Å². The van der Waals surface area contributed by atoms with Crippen molar-refractivity contribution in [1.29, 1.82) is 0 Å². The summed E-state index contributed by atoms with van der Waals surface area (Å²) >= 11 is 0. The fourth-order valence-electron chi connectivity index (χ4n) is 2.84. The topological polar surface area (TPSA) is 31.9 Å². The normalized spacial score (nSPS) is 20.2. The Hall–Kier alpha value is -1.75. The number of nitrogens with one attached hydrogen (secondary N) is 1. The molecule has 1 saturated heterocycles. The average Bonchev–Trinajstić information content (AvgIpc) is 2.97. The Morgan fingerprint density at radius 3 is 2.90 bits per heavy atom. The summed E-state index contributed by atoms with van der Waals surface area (Å²) in [4.78, 5) is 2.28. The highest BCUT2D eigenvalue weighted by atomic mass is 19.2. The van der Waals surface area contributed by atoms with Crippen LogP contribution in [0.25, 0.3) is 0 Å². The molecule has 1 fully saturated rings. The molecule has 0 spiro atoms. The number of halogens is 2. The molecule has 2 heterocycles. The number of H-pyrrole nitrogens is 1. The number of aromatic amines is 1. The fourth-order valence-corrected chi connectivity index (χ4v) is 2.84. The van der Waals surface area contributed by atoms with Crippen molar-refractivity contribution >= 4 is 0 Å². The summed E-state index contributed by atoms with van der Waals surface area (Å²) in [6.45, 7) is 2.56. The molecular weight excluding hydrogens is 260 g/mol. The first kappa shape index (κ1) is 13.2. The van der Waals surface area contributed by atoms with Gasteiger partial charge < -0.3 is 0 Å². The van der Waals surface area contributed by atoms with E-state index in [1.165, 1.54) is 12.1 Å². The van der Waals surface area contributed by atoms with Crippen molar-refractivity contribution in [2.75, 3.05) is 13.1 Å². The van der Waals surface area contributed by atoms with E-state index in [0.717, 1.165) is 37.2 Å². The van der Waals surface area contributed by atoms with Gasteiger partial charge in [-0.3, -0.25) is 10.00 Å². The second-order valence-electron chi connectivity index (χ2n) is 5.33. The number of hydrogen-bond acceptors (Lipinski definition) is 2. The van der Waals surface area contributed by atoms with E-state index < -0.39 is 11.6 Å². The van der Waals surface area contributed by atoms with Crippen molar-refractivity contribution in [3.05, 3.63) is 53.4 Å². The van der Waals surface area contributed by atoms with Gasteiger partial charge in [0.1, 0.15) is 0 Å². The van der Waals surface area contributed by atoms with Crippen LogP contribution in [-0.2, 0) is 6.54 Å². The van der Waals surface area contributed by atoms with Gasteiger partial charge in [0.05, 0.1) is 0 Å². The predicted octanol–water partition coefficient (Wildman–Crippen LogP) is 3.07. The molecule has 1 atom stereocenters. The number of piperidine rings is 1. The molecule has 106 valence electrons. The van der Waals surface area contributed by atoms with Crippen LogP contribution in [0, 0.1) is 11.6 Å². The van der Waals surface area contributed by atoms with Crippen molar-refractivity contribution < 1.29 is 8.78 Å². The van der Waals surface area contributed by atoms with Gasteiger partial charge in [-0.2, -0.15) is 5.10 Å². The van der Waals surface area contributed by atoms with Gasteiger partial charge in [0.2, 0.25) is 0 Å². The van der Waals surface area contributed by atoms with Gasteiger partial charge in [0.25, 0.3) is 0 Å². The van der Waals surface area contributed by atoms with Gasteiger partial charge in [-0.15, -0.1) is 0 Å². The van der Waals surface area contributed by atoms with E-state index in [-0.39, 0.29) is 0 Å². The molecule has 1 aliphatic rings. The third-order valence-corrected chi connectivity index (χ3v) is 3.86. The second-order valence-corrected chi connectivity index (χ2v) is 5.33. The number of benzene rings is 1. The maximum absolute atomic E-state index is 13.2. The van der Waals surface area contributed by atoms with Crippen molar-refractivity contribution in [3.8, 4) is 0 Å². The molecule has 3 rings (SSSR count). The lowest BCUT2D eigenvalue weighted by Gasteiger charge is -2.32. The molecule has 3 nitrogen and oxygen atoms in total. The Labute approximate surface area is 116 Å². The Balaban J connectivity index is 1.66. The van der Waals surface area contributed by atoms with Gasteiger partial charge >= 0.3 is 0 Å². The highest BCUT2D eigenvalue weighted by molar-refractivity contribution is 5.18. The van der Waals surface area contributed by atoms with Crippen LogP contribution in [0.3, 0.4) is 0 Å². The summed E-state index contributed by atoms with van der Waals surface area (Å²) in [5.41, 5.74) is 1.97. The number of likely N-dealkylation sites (tertiary alicyclic amines) is 1. The van der Waals surface area contributed by atoms with Gasteiger partial charge in [-0.05, 0) is 43.1 Å². The lowest BCUT2D eigenvalue weighted by Crippen LogP contribution is -2.34. The molecule has 1 aromatic carbocycles. The average molecular weight is 277 g/mol. The molecule has 1 aromatic heterocycles. The van der Waals surface area contributed by atoms with Crippen molar-refractivity contribution in [1.82, 2.24) is 15.1 Å². The molecule has 1 aliphatic heterocycles. The first-order valence-corrected chi connectivity index (χ1v) is 6.88. The number of nitrogens with zero attached hydrogens (tertiary/aromatic N) is 2. The Morgan fingerprint density at radius 2 is 2.15 bits per heavy atom. The lowest BCUT2D eigenvalue weighted by molar-refractivity contribution is 0.198. The minimum absolute atomic E-state index is 0.441. The molecule has 1 unspecified atom stereocenters. The summed E-state index contributed by atoms with van der Waals surface area (Å²) in [6.07, 6.45) is 4.01. The third-order valence-electron chi connectivity index (χ3n) is 3.86. The smallest absolute Gasteiger partial charge is 0.159 e. The summed E-state index contributed by atoms with van der Waals surface area (Å²) in [5.74, 6) is -1.12. The van der Waals surface area contributed by atoms with Gasteiger partial charge in [-0.1, -0.05) is 6.07 Å². The molecule has 0 radical (unpaired) electrons. The number of rotatable bonds is 3. The Kier molecular flexibility index (Phi) is 3.78. The minimum Gasteiger partial charge on any atom is -0.298 e. The molecule has 2 aromatic rings. The lowest BCUT2D eigenvalue weighted by atomic mass is 9.94. The number of aromatic nitrogens is 2. The SMILES string of the molecule is Fc1ccc(CN2CCCC(c3ccn[nH]3)C2)cc1F.